The monoisotopic (exact) mass is 554 g/mol. The van der Waals surface area contributed by atoms with Crippen LogP contribution in [0.4, 0.5) is 14.9 Å². The predicted octanol–water partition coefficient (Wildman–Crippen LogP) is 1.94. The Morgan fingerprint density at radius 2 is 2.17 bits per heavy atom. The van der Waals surface area contributed by atoms with Gasteiger partial charge in [0, 0.05) is 37.1 Å². The van der Waals surface area contributed by atoms with E-state index in [4.69, 9.17) is 19.0 Å². The van der Waals surface area contributed by atoms with E-state index in [9.17, 15) is 14.7 Å². The molecule has 3 aromatic rings. The fourth-order valence-corrected chi connectivity index (χ4v) is 4.29. The van der Waals surface area contributed by atoms with Gasteiger partial charge in [0.1, 0.15) is 30.3 Å². The van der Waals surface area contributed by atoms with E-state index in [0.29, 0.717) is 34.8 Å². The van der Waals surface area contributed by atoms with E-state index in [2.05, 4.69) is 20.5 Å². The third-order valence-corrected chi connectivity index (χ3v) is 6.42. The number of aliphatic hydroxyl groups excluding tert-OH is 1. The van der Waals surface area contributed by atoms with Gasteiger partial charge in [0.2, 0.25) is 0 Å². The van der Waals surface area contributed by atoms with Crippen molar-refractivity contribution in [3.8, 4) is 11.1 Å². The van der Waals surface area contributed by atoms with Crippen molar-refractivity contribution in [2.45, 2.75) is 37.7 Å². The number of aliphatic hydroxyl groups is 1. The van der Waals surface area contributed by atoms with E-state index in [1.54, 1.807) is 35.1 Å². The molecule has 3 atom stereocenters. The van der Waals surface area contributed by atoms with Crippen molar-refractivity contribution >= 4 is 23.5 Å². The summed E-state index contributed by atoms with van der Waals surface area (Å²) >= 11 is 0. The number of anilines is 1. The second-order valence-electron chi connectivity index (χ2n) is 9.22. The molecule has 2 aromatic heterocycles. The number of ether oxygens (including phenoxy) is 3. The summed E-state index contributed by atoms with van der Waals surface area (Å²) in [5.74, 6) is -1.00. The first kappa shape index (κ1) is 27.1. The number of benzene rings is 1. The quantitative estimate of drug-likeness (QED) is 0.348. The Bertz CT molecular complexity index is 1370. The van der Waals surface area contributed by atoms with Crippen LogP contribution in [0.3, 0.4) is 0 Å². The number of rotatable bonds is 11. The first-order valence-corrected chi connectivity index (χ1v) is 12.5. The van der Waals surface area contributed by atoms with Crippen molar-refractivity contribution in [3.63, 3.8) is 0 Å². The van der Waals surface area contributed by atoms with Gasteiger partial charge in [-0.1, -0.05) is 16.4 Å². The number of cyclic esters (lactones) is 1. The lowest BCUT2D eigenvalue weighted by atomic mass is 10.0. The fourth-order valence-electron chi connectivity index (χ4n) is 4.29. The maximum atomic E-state index is 15.1. The molecular formula is C26H27FN6O7. The van der Waals surface area contributed by atoms with E-state index in [-0.39, 0.29) is 32.6 Å². The largest absolute Gasteiger partial charge is 0.463 e. The van der Waals surface area contributed by atoms with E-state index < -0.39 is 36.2 Å². The number of esters is 1. The Hall–Kier alpha value is -4.43. The molecule has 210 valence electrons. The normalized spacial score (nSPS) is 19.2. The first-order chi connectivity index (χ1) is 19.4. The maximum Gasteiger partial charge on any atom is 0.414 e. The molecule has 2 aliphatic rings. The van der Waals surface area contributed by atoms with Gasteiger partial charge in [-0.2, -0.15) is 0 Å². The second-order valence-corrected chi connectivity index (χ2v) is 9.22. The third kappa shape index (κ3) is 6.24. The molecule has 0 saturated carbocycles. The number of nitrogens with zero attached hydrogens (tertiary/aromatic N) is 6. The Morgan fingerprint density at radius 3 is 2.90 bits per heavy atom. The summed E-state index contributed by atoms with van der Waals surface area (Å²) in [6, 6.07) is 7.88. The lowest BCUT2D eigenvalue weighted by molar-refractivity contribution is -0.150. The summed E-state index contributed by atoms with van der Waals surface area (Å²) in [6.45, 7) is 0.606. The molecule has 14 heteroatoms. The van der Waals surface area contributed by atoms with Crippen LogP contribution in [0.25, 0.3) is 11.1 Å². The Balaban J connectivity index is 1.17. The number of amides is 1. The molecule has 0 radical (unpaired) electrons. The summed E-state index contributed by atoms with van der Waals surface area (Å²) in [7, 11) is 1.48. The van der Waals surface area contributed by atoms with Crippen molar-refractivity contribution in [2.75, 3.05) is 31.8 Å². The number of hydrogen-bond acceptors (Lipinski definition) is 11. The van der Waals surface area contributed by atoms with Crippen LogP contribution in [-0.4, -0.2) is 88.0 Å². The van der Waals surface area contributed by atoms with Crippen LogP contribution < -0.4 is 4.90 Å². The number of pyridine rings is 1. The van der Waals surface area contributed by atoms with E-state index in [0.717, 1.165) is 0 Å². The van der Waals surface area contributed by atoms with Gasteiger partial charge in [0.05, 0.1) is 43.7 Å². The standard InChI is InChI=1S/C26H27FN6O7/c1-37-9-6-25(35)38-15-23(34)24-11-22(30-40-24)21-5-2-16(12-28-21)19-4-3-17(10-20(19)27)33-14-18(39-26(33)36)13-32-8-7-29-31-32/h2-5,7-8,10,12,18,23-24,34H,6,9,11,13-15H2,1H3/t18-,23+,24-/m0/s1. The topological polar surface area (TPSA) is 150 Å². The smallest absolute Gasteiger partial charge is 0.414 e. The highest BCUT2D eigenvalue weighted by Gasteiger charge is 2.33. The lowest BCUT2D eigenvalue weighted by Crippen LogP contribution is -2.32. The van der Waals surface area contributed by atoms with Crippen LogP contribution in [0, 0.1) is 5.82 Å². The SMILES string of the molecule is COCCC(=O)OC[C@@H](O)[C@@H]1CC(c2ccc(-c3ccc(N4C[C@H](Cn5ccnn5)OC4=O)cc3F)cn2)=NO1. The highest BCUT2D eigenvalue weighted by Crippen LogP contribution is 2.29. The molecular weight excluding hydrogens is 527 g/mol. The average Bonchev–Trinajstić information content (AvgIpc) is 3.73. The molecule has 40 heavy (non-hydrogen) atoms. The minimum absolute atomic E-state index is 0.0895. The van der Waals surface area contributed by atoms with Gasteiger partial charge in [0.15, 0.2) is 6.10 Å². The molecule has 1 aromatic carbocycles. The van der Waals surface area contributed by atoms with E-state index in [1.807, 2.05) is 0 Å². The van der Waals surface area contributed by atoms with E-state index >= 15 is 4.39 Å². The summed E-state index contributed by atoms with van der Waals surface area (Å²) in [6.07, 6.45) is 2.31. The highest BCUT2D eigenvalue weighted by atomic mass is 19.1. The molecule has 1 saturated heterocycles. The number of hydrogen-bond donors (Lipinski definition) is 1. The summed E-state index contributed by atoms with van der Waals surface area (Å²) in [5.41, 5.74) is 2.22. The molecule has 1 fully saturated rings. The number of carbonyl (C=O) groups is 2. The molecule has 2 aliphatic heterocycles. The molecule has 0 bridgehead atoms. The highest BCUT2D eigenvalue weighted by molar-refractivity contribution is 5.99. The number of methoxy groups -OCH3 is 1. The van der Waals surface area contributed by atoms with Crippen LogP contribution in [0.5, 0.6) is 0 Å². The molecule has 0 unspecified atom stereocenters. The van der Waals surface area contributed by atoms with Gasteiger partial charge < -0.3 is 24.2 Å². The summed E-state index contributed by atoms with van der Waals surface area (Å²) < 4.78 is 31.9. The summed E-state index contributed by atoms with van der Waals surface area (Å²) in [4.78, 5) is 35.0. The van der Waals surface area contributed by atoms with Gasteiger partial charge in [-0.3, -0.25) is 14.7 Å². The van der Waals surface area contributed by atoms with Crippen molar-refractivity contribution in [2.24, 2.45) is 5.16 Å². The minimum Gasteiger partial charge on any atom is -0.463 e. The van der Waals surface area contributed by atoms with Gasteiger partial charge in [-0.25, -0.2) is 13.9 Å². The van der Waals surface area contributed by atoms with Crippen molar-refractivity contribution < 1.29 is 38.1 Å². The fraction of sp³-hybridized carbons (Fsp3) is 0.385. The molecule has 1 amide bonds. The second kappa shape index (κ2) is 12.2. The average molecular weight is 555 g/mol. The van der Waals surface area contributed by atoms with Crippen molar-refractivity contribution in [1.82, 2.24) is 20.0 Å². The maximum absolute atomic E-state index is 15.1. The molecule has 0 aliphatic carbocycles. The molecule has 1 N–H and O–H groups in total. The zero-order chi connectivity index (χ0) is 28.1. The number of aromatic nitrogens is 4. The Kier molecular flexibility index (Phi) is 8.26. The van der Waals surface area contributed by atoms with Gasteiger partial charge in [-0.05, 0) is 24.3 Å². The van der Waals surface area contributed by atoms with Gasteiger partial charge >= 0.3 is 12.1 Å². The van der Waals surface area contributed by atoms with Crippen LogP contribution in [0.1, 0.15) is 18.5 Å². The van der Waals surface area contributed by atoms with Gasteiger partial charge in [-0.15, -0.1) is 5.10 Å². The number of oxime groups is 1. The third-order valence-electron chi connectivity index (χ3n) is 6.42. The van der Waals surface area contributed by atoms with Crippen LogP contribution in [-0.2, 0) is 30.4 Å². The summed E-state index contributed by atoms with van der Waals surface area (Å²) in [5, 5.41) is 21.9. The van der Waals surface area contributed by atoms with Crippen LogP contribution >= 0.6 is 0 Å². The zero-order valence-corrected chi connectivity index (χ0v) is 21.6. The number of halogens is 1. The van der Waals surface area contributed by atoms with Crippen LogP contribution in [0.2, 0.25) is 0 Å². The lowest BCUT2D eigenvalue weighted by Gasteiger charge is -2.16. The Labute approximate surface area is 228 Å². The Morgan fingerprint density at radius 1 is 1.30 bits per heavy atom. The van der Waals surface area contributed by atoms with E-state index in [1.165, 1.54) is 30.5 Å². The molecule has 13 nitrogen and oxygen atoms in total. The molecule has 4 heterocycles. The van der Waals surface area contributed by atoms with Crippen molar-refractivity contribution in [1.29, 1.82) is 0 Å². The van der Waals surface area contributed by atoms with Crippen molar-refractivity contribution in [3.05, 3.63) is 60.4 Å². The van der Waals surface area contributed by atoms with Gasteiger partial charge in [0.25, 0.3) is 0 Å². The molecule has 5 rings (SSSR count). The number of carbonyl (C=O) groups excluding carboxylic acids is 2. The predicted molar refractivity (Wildman–Crippen MR) is 137 cm³/mol. The minimum atomic E-state index is -1.06. The van der Waals surface area contributed by atoms with Crippen LogP contribution in [0.15, 0.2) is 54.1 Å². The molecule has 0 spiro atoms. The zero-order valence-electron chi connectivity index (χ0n) is 21.6. The first-order valence-electron chi connectivity index (χ1n) is 12.5.